The van der Waals surface area contributed by atoms with Gasteiger partial charge in [0.2, 0.25) is 5.91 Å². The highest BCUT2D eigenvalue weighted by molar-refractivity contribution is 9.10. The second kappa shape index (κ2) is 5.93. The lowest BCUT2D eigenvalue weighted by molar-refractivity contribution is -0.123. The van der Waals surface area contributed by atoms with Crippen molar-refractivity contribution in [2.24, 2.45) is 0 Å². The molecule has 0 saturated heterocycles. The molecule has 108 valence electrons. The summed E-state index contributed by atoms with van der Waals surface area (Å²) in [7, 11) is 0. The Hall–Kier alpha value is -1.13. The van der Waals surface area contributed by atoms with Gasteiger partial charge in [0.15, 0.2) is 0 Å². The van der Waals surface area contributed by atoms with Gasteiger partial charge in [0.05, 0.1) is 5.41 Å². The van der Waals surface area contributed by atoms with Crippen molar-refractivity contribution in [3.8, 4) is 0 Å². The highest BCUT2D eigenvalue weighted by Gasteiger charge is 2.51. The minimum absolute atomic E-state index is 0.126. The van der Waals surface area contributed by atoms with Crippen LogP contribution >= 0.6 is 31.9 Å². The molecule has 21 heavy (non-hydrogen) atoms. The molecule has 1 N–H and O–H groups in total. The summed E-state index contributed by atoms with van der Waals surface area (Å²) in [5.41, 5.74) is 1.88. The molecule has 1 aliphatic carbocycles. The Kier molecular flexibility index (Phi) is 4.18. The lowest BCUT2D eigenvalue weighted by atomic mass is 9.95. The molecule has 0 radical (unpaired) electrons. The van der Waals surface area contributed by atoms with E-state index in [0.29, 0.717) is 6.54 Å². The van der Waals surface area contributed by atoms with E-state index < -0.39 is 0 Å². The van der Waals surface area contributed by atoms with E-state index in [1.807, 2.05) is 48.5 Å². The molecule has 1 fully saturated rings. The number of carbonyl (C=O) groups is 1. The third kappa shape index (κ3) is 3.22. The van der Waals surface area contributed by atoms with Gasteiger partial charge in [-0.15, -0.1) is 0 Å². The van der Waals surface area contributed by atoms with Crippen LogP contribution in [0.3, 0.4) is 0 Å². The van der Waals surface area contributed by atoms with Gasteiger partial charge in [0.25, 0.3) is 0 Å². The first kappa shape index (κ1) is 14.8. The third-order valence-corrected chi connectivity index (χ3v) is 4.89. The first-order valence-electron chi connectivity index (χ1n) is 6.89. The SMILES string of the molecule is O=C(NCc1cccc(Br)c1)C1(c2cccc(Br)c2)CC1. The summed E-state index contributed by atoms with van der Waals surface area (Å²) in [5, 5.41) is 3.07. The van der Waals surface area contributed by atoms with Gasteiger partial charge in [0, 0.05) is 15.5 Å². The number of rotatable bonds is 4. The molecule has 2 aromatic carbocycles. The van der Waals surface area contributed by atoms with Crippen molar-refractivity contribution in [3.05, 3.63) is 68.6 Å². The lowest BCUT2D eigenvalue weighted by Gasteiger charge is -2.16. The summed E-state index contributed by atoms with van der Waals surface area (Å²) in [6.07, 6.45) is 1.85. The first-order chi connectivity index (χ1) is 10.1. The van der Waals surface area contributed by atoms with Crippen LogP contribution in [0.5, 0.6) is 0 Å². The van der Waals surface area contributed by atoms with E-state index in [-0.39, 0.29) is 11.3 Å². The van der Waals surface area contributed by atoms with E-state index in [2.05, 4.69) is 37.2 Å². The zero-order valence-corrected chi connectivity index (χ0v) is 14.6. The number of amides is 1. The third-order valence-electron chi connectivity index (χ3n) is 3.90. The van der Waals surface area contributed by atoms with Gasteiger partial charge < -0.3 is 5.32 Å². The zero-order valence-electron chi connectivity index (χ0n) is 11.4. The van der Waals surface area contributed by atoms with Gasteiger partial charge in [-0.05, 0) is 48.2 Å². The van der Waals surface area contributed by atoms with Gasteiger partial charge in [-0.3, -0.25) is 4.79 Å². The molecule has 0 bridgehead atoms. The maximum atomic E-state index is 12.6. The summed E-state index contributed by atoms with van der Waals surface area (Å²) < 4.78 is 2.05. The molecular formula is C17H15Br2NO. The van der Waals surface area contributed by atoms with Crippen molar-refractivity contribution in [1.82, 2.24) is 5.32 Å². The fourth-order valence-electron chi connectivity index (χ4n) is 2.56. The van der Waals surface area contributed by atoms with Crippen LogP contribution in [-0.2, 0) is 16.8 Å². The molecule has 2 nitrogen and oxygen atoms in total. The van der Waals surface area contributed by atoms with Crippen molar-refractivity contribution in [3.63, 3.8) is 0 Å². The predicted octanol–water partition coefficient (Wildman–Crippen LogP) is 4.56. The van der Waals surface area contributed by atoms with Crippen molar-refractivity contribution in [2.75, 3.05) is 0 Å². The number of halogens is 2. The zero-order chi connectivity index (χ0) is 14.9. The van der Waals surface area contributed by atoms with Crippen molar-refractivity contribution < 1.29 is 4.79 Å². The maximum absolute atomic E-state index is 12.6. The van der Waals surface area contributed by atoms with E-state index in [4.69, 9.17) is 0 Å². The number of nitrogens with one attached hydrogen (secondary N) is 1. The fraction of sp³-hybridized carbons (Fsp3) is 0.235. The predicted molar refractivity (Wildman–Crippen MR) is 91.0 cm³/mol. The van der Waals surface area contributed by atoms with Crippen LogP contribution < -0.4 is 5.32 Å². The molecule has 3 rings (SSSR count). The normalized spacial score (nSPS) is 15.5. The van der Waals surface area contributed by atoms with Crippen LogP contribution in [0.1, 0.15) is 24.0 Å². The van der Waals surface area contributed by atoms with Gasteiger partial charge in [0.1, 0.15) is 0 Å². The molecule has 0 heterocycles. The van der Waals surface area contributed by atoms with E-state index in [0.717, 1.165) is 32.9 Å². The minimum atomic E-state index is -0.324. The summed E-state index contributed by atoms with van der Waals surface area (Å²) in [6, 6.07) is 16.1. The Balaban J connectivity index is 1.71. The highest BCUT2D eigenvalue weighted by Crippen LogP contribution is 2.48. The van der Waals surface area contributed by atoms with Gasteiger partial charge in [-0.25, -0.2) is 0 Å². The summed E-state index contributed by atoms with van der Waals surface area (Å²) in [6.45, 7) is 0.564. The highest BCUT2D eigenvalue weighted by atomic mass is 79.9. The van der Waals surface area contributed by atoms with Crippen molar-refractivity contribution >= 4 is 37.8 Å². The van der Waals surface area contributed by atoms with E-state index in [9.17, 15) is 4.79 Å². The molecule has 0 aliphatic heterocycles. The molecule has 1 aliphatic rings. The van der Waals surface area contributed by atoms with E-state index >= 15 is 0 Å². The van der Waals surface area contributed by atoms with Crippen LogP contribution in [0.25, 0.3) is 0 Å². The van der Waals surface area contributed by atoms with Crippen LogP contribution in [0.15, 0.2) is 57.5 Å². The fourth-order valence-corrected chi connectivity index (χ4v) is 3.40. The number of carbonyl (C=O) groups excluding carboxylic acids is 1. The topological polar surface area (TPSA) is 29.1 Å². The van der Waals surface area contributed by atoms with Gasteiger partial charge in [-0.1, -0.05) is 56.1 Å². The standard InChI is InChI=1S/C17H15Br2NO/c18-14-5-1-3-12(9-14)11-20-16(21)17(7-8-17)13-4-2-6-15(19)10-13/h1-6,9-10H,7-8,11H2,(H,20,21). The molecule has 0 spiro atoms. The monoisotopic (exact) mass is 407 g/mol. The quantitative estimate of drug-likeness (QED) is 0.789. The van der Waals surface area contributed by atoms with E-state index in [1.165, 1.54) is 0 Å². The number of benzene rings is 2. The summed E-state index contributed by atoms with van der Waals surface area (Å²) in [5.74, 6) is 0.126. The van der Waals surface area contributed by atoms with E-state index in [1.54, 1.807) is 0 Å². The summed E-state index contributed by atoms with van der Waals surface area (Å²) >= 11 is 6.93. The molecule has 0 atom stereocenters. The molecule has 0 unspecified atom stereocenters. The van der Waals surface area contributed by atoms with Gasteiger partial charge in [-0.2, -0.15) is 0 Å². The largest absolute Gasteiger partial charge is 0.351 e. The Morgan fingerprint density at radius 3 is 2.33 bits per heavy atom. The second-order valence-electron chi connectivity index (χ2n) is 5.41. The smallest absolute Gasteiger partial charge is 0.230 e. The average Bonchev–Trinajstić information content (AvgIpc) is 3.26. The number of hydrogen-bond donors (Lipinski definition) is 1. The molecular weight excluding hydrogens is 394 g/mol. The second-order valence-corrected chi connectivity index (χ2v) is 7.24. The summed E-state index contributed by atoms with van der Waals surface area (Å²) in [4.78, 5) is 12.6. The van der Waals surface area contributed by atoms with Crippen LogP contribution in [0.4, 0.5) is 0 Å². The minimum Gasteiger partial charge on any atom is -0.351 e. The number of hydrogen-bond acceptors (Lipinski definition) is 1. The first-order valence-corrected chi connectivity index (χ1v) is 8.48. The average molecular weight is 409 g/mol. The van der Waals surface area contributed by atoms with Crippen LogP contribution in [0, 0.1) is 0 Å². The van der Waals surface area contributed by atoms with Crippen LogP contribution in [0.2, 0.25) is 0 Å². The molecule has 4 heteroatoms. The Morgan fingerprint density at radius 2 is 1.71 bits per heavy atom. The Morgan fingerprint density at radius 1 is 1.05 bits per heavy atom. The Bertz CT molecular complexity index is 680. The maximum Gasteiger partial charge on any atom is 0.230 e. The van der Waals surface area contributed by atoms with Crippen LogP contribution in [-0.4, -0.2) is 5.91 Å². The van der Waals surface area contributed by atoms with Gasteiger partial charge >= 0.3 is 0 Å². The molecule has 1 amide bonds. The van der Waals surface area contributed by atoms with Crippen molar-refractivity contribution in [2.45, 2.75) is 24.8 Å². The van der Waals surface area contributed by atoms with Crippen molar-refractivity contribution in [1.29, 1.82) is 0 Å². The molecule has 1 saturated carbocycles. The molecule has 0 aromatic heterocycles. The molecule has 2 aromatic rings. The lowest BCUT2D eigenvalue weighted by Crippen LogP contribution is -2.34. The Labute approximate surface area is 141 Å².